The Balaban J connectivity index is 1.64. The largest absolute Gasteiger partial charge is 0.573 e. The number of nitrogens with zero attached hydrogens (tertiary/aromatic N) is 1. The molecule has 31 heavy (non-hydrogen) atoms. The van der Waals surface area contributed by atoms with Gasteiger partial charge in [0, 0.05) is 18.2 Å². The number of hydrogen-bond donors (Lipinski definition) is 0. The number of carbonyl (C=O) groups is 1. The second kappa shape index (κ2) is 8.29. The molecule has 0 N–H and O–H groups in total. The van der Waals surface area contributed by atoms with E-state index in [0.29, 0.717) is 18.7 Å². The Labute approximate surface area is 175 Å². The fourth-order valence-electron chi connectivity index (χ4n) is 3.39. The topological polar surface area (TPSA) is 38.8 Å². The Morgan fingerprint density at radius 2 is 1.68 bits per heavy atom. The Kier molecular flexibility index (Phi) is 5.54. The molecule has 1 heterocycles. The van der Waals surface area contributed by atoms with Gasteiger partial charge in [-0.2, -0.15) is 0 Å². The molecule has 0 aliphatic carbocycles. The van der Waals surface area contributed by atoms with Crippen LogP contribution in [0.5, 0.6) is 11.5 Å². The lowest BCUT2D eigenvalue weighted by molar-refractivity contribution is -0.274. The lowest BCUT2D eigenvalue weighted by Crippen LogP contribution is -2.31. The number of fused-ring (bicyclic) bond motifs is 1. The van der Waals surface area contributed by atoms with Gasteiger partial charge in [0.05, 0.1) is 12.1 Å². The Bertz CT molecular complexity index is 1080. The Morgan fingerprint density at radius 1 is 0.968 bits per heavy atom. The third-order valence-corrected chi connectivity index (χ3v) is 4.82. The number of alkyl halides is 3. The van der Waals surface area contributed by atoms with Crippen LogP contribution in [0.1, 0.15) is 15.9 Å². The summed E-state index contributed by atoms with van der Waals surface area (Å²) in [6.45, 7) is 0.926. The van der Waals surface area contributed by atoms with Crippen molar-refractivity contribution in [3.63, 3.8) is 0 Å². The first-order chi connectivity index (χ1) is 14.8. The number of halogens is 4. The van der Waals surface area contributed by atoms with E-state index in [2.05, 4.69) is 4.74 Å². The molecule has 0 saturated heterocycles. The average Bonchev–Trinajstić information content (AvgIpc) is 2.87. The van der Waals surface area contributed by atoms with Crippen molar-refractivity contribution in [2.75, 3.05) is 13.2 Å². The van der Waals surface area contributed by atoms with Crippen LogP contribution in [0.3, 0.4) is 0 Å². The van der Waals surface area contributed by atoms with Crippen LogP contribution in [0.2, 0.25) is 0 Å². The predicted molar refractivity (Wildman–Crippen MR) is 105 cm³/mol. The number of amides is 1. The van der Waals surface area contributed by atoms with Crippen LogP contribution in [0.25, 0.3) is 11.1 Å². The van der Waals surface area contributed by atoms with E-state index in [1.54, 1.807) is 4.90 Å². The van der Waals surface area contributed by atoms with Crippen LogP contribution in [-0.4, -0.2) is 30.3 Å². The summed E-state index contributed by atoms with van der Waals surface area (Å²) in [6.07, 6.45) is -4.82. The minimum atomic E-state index is -4.82. The quantitative estimate of drug-likeness (QED) is 0.518. The van der Waals surface area contributed by atoms with E-state index >= 15 is 0 Å². The summed E-state index contributed by atoms with van der Waals surface area (Å²) in [5, 5.41) is 0. The van der Waals surface area contributed by atoms with Gasteiger partial charge in [-0.15, -0.1) is 13.2 Å². The second-order valence-corrected chi connectivity index (χ2v) is 6.96. The van der Waals surface area contributed by atoms with Gasteiger partial charge in [-0.05, 0) is 29.3 Å². The van der Waals surface area contributed by atoms with Gasteiger partial charge >= 0.3 is 6.36 Å². The van der Waals surface area contributed by atoms with Crippen LogP contribution < -0.4 is 9.47 Å². The van der Waals surface area contributed by atoms with Crippen LogP contribution in [-0.2, 0) is 6.54 Å². The molecule has 0 aromatic heterocycles. The van der Waals surface area contributed by atoms with Crippen LogP contribution in [0.15, 0.2) is 66.7 Å². The summed E-state index contributed by atoms with van der Waals surface area (Å²) in [6, 6.07) is 16.7. The molecule has 0 fully saturated rings. The van der Waals surface area contributed by atoms with Gasteiger partial charge in [-0.3, -0.25) is 4.79 Å². The lowest BCUT2D eigenvalue weighted by Gasteiger charge is -2.20. The second-order valence-electron chi connectivity index (χ2n) is 6.96. The third-order valence-electron chi connectivity index (χ3n) is 4.82. The molecule has 1 aliphatic heterocycles. The maximum absolute atomic E-state index is 14.7. The molecule has 4 rings (SSSR count). The number of hydrogen-bond acceptors (Lipinski definition) is 3. The fraction of sp³-hybridized carbons (Fsp3) is 0.174. The van der Waals surface area contributed by atoms with Crippen LogP contribution in [0.4, 0.5) is 17.6 Å². The first kappa shape index (κ1) is 20.7. The number of ether oxygens (including phenoxy) is 2. The predicted octanol–water partition coefficient (Wildman–Crippen LogP) is 5.43. The van der Waals surface area contributed by atoms with Crippen molar-refractivity contribution in [1.82, 2.24) is 4.90 Å². The summed E-state index contributed by atoms with van der Waals surface area (Å²) in [4.78, 5) is 14.7. The first-order valence-corrected chi connectivity index (χ1v) is 9.46. The van der Waals surface area contributed by atoms with E-state index in [1.807, 2.05) is 30.3 Å². The summed E-state index contributed by atoms with van der Waals surface area (Å²) in [7, 11) is 0. The average molecular weight is 431 g/mol. The van der Waals surface area contributed by atoms with Gasteiger partial charge in [0.15, 0.2) is 0 Å². The molecule has 0 radical (unpaired) electrons. The minimum Gasteiger partial charge on any atom is -0.491 e. The van der Waals surface area contributed by atoms with Crippen molar-refractivity contribution in [3.8, 4) is 22.6 Å². The summed E-state index contributed by atoms with van der Waals surface area (Å²) < 4.78 is 61.2. The molecule has 0 saturated carbocycles. The van der Waals surface area contributed by atoms with E-state index < -0.39 is 17.9 Å². The molecule has 0 bridgehead atoms. The van der Waals surface area contributed by atoms with Crippen LogP contribution in [0, 0.1) is 5.82 Å². The SMILES string of the molecule is O=C1c2cc(-c3ccc(OC(F)(F)F)cc3)c(F)cc2OCCN1Cc1ccccc1. The highest BCUT2D eigenvalue weighted by Gasteiger charge is 2.31. The highest BCUT2D eigenvalue weighted by Crippen LogP contribution is 2.33. The van der Waals surface area contributed by atoms with Crippen molar-refractivity contribution < 1.29 is 31.8 Å². The van der Waals surface area contributed by atoms with Gasteiger partial charge in [0.25, 0.3) is 5.91 Å². The monoisotopic (exact) mass is 431 g/mol. The van der Waals surface area contributed by atoms with Gasteiger partial charge in [0.2, 0.25) is 0 Å². The van der Waals surface area contributed by atoms with Gasteiger partial charge in [-0.1, -0.05) is 42.5 Å². The van der Waals surface area contributed by atoms with E-state index in [9.17, 15) is 22.4 Å². The molecular formula is C23H17F4NO3. The van der Waals surface area contributed by atoms with Crippen molar-refractivity contribution in [1.29, 1.82) is 0 Å². The molecule has 3 aromatic rings. The number of rotatable bonds is 4. The summed E-state index contributed by atoms with van der Waals surface area (Å²) in [5.41, 5.74) is 1.53. The molecule has 160 valence electrons. The van der Waals surface area contributed by atoms with Gasteiger partial charge in [-0.25, -0.2) is 4.39 Å². The van der Waals surface area contributed by atoms with E-state index in [1.165, 1.54) is 18.2 Å². The van der Waals surface area contributed by atoms with Gasteiger partial charge in [0.1, 0.15) is 23.9 Å². The minimum absolute atomic E-state index is 0.0795. The highest BCUT2D eigenvalue weighted by atomic mass is 19.4. The Hall–Kier alpha value is -3.55. The summed E-state index contributed by atoms with van der Waals surface area (Å²) in [5.74, 6) is -1.24. The van der Waals surface area contributed by atoms with Crippen LogP contribution >= 0.6 is 0 Å². The smallest absolute Gasteiger partial charge is 0.491 e. The van der Waals surface area contributed by atoms with E-state index in [0.717, 1.165) is 23.8 Å². The van der Waals surface area contributed by atoms with Crippen molar-refractivity contribution in [3.05, 3.63) is 83.7 Å². The fourth-order valence-corrected chi connectivity index (χ4v) is 3.39. The maximum atomic E-state index is 14.7. The highest BCUT2D eigenvalue weighted by molar-refractivity contribution is 5.98. The van der Waals surface area contributed by atoms with Crippen molar-refractivity contribution in [2.24, 2.45) is 0 Å². The third kappa shape index (κ3) is 4.79. The molecule has 0 spiro atoms. The van der Waals surface area contributed by atoms with Crippen molar-refractivity contribution >= 4 is 5.91 Å². The van der Waals surface area contributed by atoms with E-state index in [-0.39, 0.29) is 29.4 Å². The lowest BCUT2D eigenvalue weighted by atomic mass is 10.0. The molecule has 8 heteroatoms. The molecule has 1 aliphatic rings. The molecular weight excluding hydrogens is 414 g/mol. The zero-order valence-electron chi connectivity index (χ0n) is 16.2. The zero-order chi connectivity index (χ0) is 22.0. The summed E-state index contributed by atoms with van der Waals surface area (Å²) >= 11 is 0. The molecule has 3 aromatic carbocycles. The van der Waals surface area contributed by atoms with E-state index in [4.69, 9.17) is 4.74 Å². The first-order valence-electron chi connectivity index (χ1n) is 9.46. The maximum Gasteiger partial charge on any atom is 0.573 e. The zero-order valence-corrected chi connectivity index (χ0v) is 16.2. The molecule has 4 nitrogen and oxygen atoms in total. The normalized spacial score (nSPS) is 13.9. The number of benzene rings is 3. The molecule has 0 atom stereocenters. The molecule has 1 amide bonds. The Morgan fingerprint density at radius 3 is 2.35 bits per heavy atom. The van der Waals surface area contributed by atoms with Crippen molar-refractivity contribution in [2.45, 2.75) is 12.9 Å². The van der Waals surface area contributed by atoms with Gasteiger partial charge < -0.3 is 14.4 Å². The standard InChI is InChI=1S/C23H17F4NO3/c24-20-13-21-19(12-18(20)16-6-8-17(9-7-16)31-23(25,26)27)22(29)28(10-11-30-21)14-15-4-2-1-3-5-15/h1-9,12-13H,10-11,14H2. The molecule has 0 unspecified atom stereocenters. The number of carbonyl (C=O) groups excluding carboxylic acids is 1.